The van der Waals surface area contributed by atoms with E-state index < -0.39 is 0 Å². The highest BCUT2D eigenvalue weighted by atomic mass is 16.5. The largest absolute Gasteiger partial charge is 0.489 e. The van der Waals surface area contributed by atoms with Crippen LogP contribution < -0.4 is 10.1 Å². The Bertz CT molecular complexity index is 554. The first-order chi connectivity index (χ1) is 10.1. The minimum atomic E-state index is 0.216. The van der Waals surface area contributed by atoms with Crippen LogP contribution in [-0.2, 0) is 0 Å². The third-order valence-corrected chi connectivity index (χ3v) is 3.42. The predicted molar refractivity (Wildman–Crippen MR) is 88.8 cm³/mol. The van der Waals surface area contributed by atoms with Gasteiger partial charge in [0.2, 0.25) is 0 Å². The van der Waals surface area contributed by atoms with Crippen LogP contribution in [0.3, 0.4) is 0 Å². The lowest BCUT2D eigenvalue weighted by molar-refractivity contribution is 0.207. The Kier molecular flexibility index (Phi) is 6.00. The molecular formula is C18H26N2O. The highest BCUT2D eigenvalue weighted by molar-refractivity contribution is 5.79. The van der Waals surface area contributed by atoms with E-state index in [1.165, 1.54) is 0 Å². The van der Waals surface area contributed by atoms with Gasteiger partial charge in [0.05, 0.1) is 17.8 Å². The van der Waals surface area contributed by atoms with Crippen molar-refractivity contribution < 1.29 is 4.74 Å². The summed E-state index contributed by atoms with van der Waals surface area (Å²) in [6.07, 6.45) is 4.22. The van der Waals surface area contributed by atoms with Gasteiger partial charge in [0.1, 0.15) is 5.75 Å². The van der Waals surface area contributed by atoms with Crippen molar-refractivity contribution in [3.05, 3.63) is 36.5 Å². The number of pyridine rings is 1. The maximum Gasteiger partial charge on any atom is 0.138 e. The molecule has 114 valence electrons. The van der Waals surface area contributed by atoms with Crippen molar-refractivity contribution in [1.29, 1.82) is 0 Å². The van der Waals surface area contributed by atoms with Crippen molar-refractivity contribution in [3.63, 3.8) is 0 Å². The van der Waals surface area contributed by atoms with Crippen molar-refractivity contribution in [2.24, 2.45) is 5.92 Å². The maximum atomic E-state index is 5.96. The molecule has 1 aromatic carbocycles. The fraction of sp³-hybridized carbons (Fsp3) is 0.500. The van der Waals surface area contributed by atoms with Crippen LogP contribution in [0.25, 0.3) is 10.9 Å². The Morgan fingerprint density at radius 2 is 2.00 bits per heavy atom. The lowest BCUT2D eigenvalue weighted by Gasteiger charge is -2.15. The summed E-state index contributed by atoms with van der Waals surface area (Å²) in [5.74, 6) is 1.57. The number of fused-ring (bicyclic) bond motifs is 1. The third kappa shape index (κ3) is 5.35. The van der Waals surface area contributed by atoms with E-state index in [0.29, 0.717) is 5.92 Å². The number of hydrogen-bond acceptors (Lipinski definition) is 3. The van der Waals surface area contributed by atoms with Crippen LogP contribution in [-0.4, -0.2) is 24.2 Å². The average molecular weight is 286 g/mol. The van der Waals surface area contributed by atoms with Crippen LogP contribution in [0.1, 0.15) is 33.6 Å². The van der Waals surface area contributed by atoms with Gasteiger partial charge < -0.3 is 10.1 Å². The van der Waals surface area contributed by atoms with Gasteiger partial charge >= 0.3 is 0 Å². The summed E-state index contributed by atoms with van der Waals surface area (Å²) in [7, 11) is 0. The smallest absolute Gasteiger partial charge is 0.138 e. The second-order valence-electron chi connectivity index (χ2n) is 6.03. The van der Waals surface area contributed by atoms with E-state index in [1.807, 2.05) is 24.4 Å². The zero-order valence-corrected chi connectivity index (χ0v) is 13.3. The van der Waals surface area contributed by atoms with E-state index in [1.54, 1.807) is 0 Å². The molecule has 21 heavy (non-hydrogen) atoms. The third-order valence-electron chi connectivity index (χ3n) is 3.42. The first kappa shape index (κ1) is 15.8. The van der Waals surface area contributed by atoms with E-state index in [9.17, 15) is 0 Å². The number of nitrogens with one attached hydrogen (secondary N) is 1. The van der Waals surface area contributed by atoms with Gasteiger partial charge in [0, 0.05) is 5.39 Å². The molecule has 0 radical (unpaired) electrons. The molecule has 0 saturated heterocycles. The monoisotopic (exact) mass is 286 g/mol. The van der Waals surface area contributed by atoms with Crippen molar-refractivity contribution in [1.82, 2.24) is 10.3 Å². The molecule has 1 N–H and O–H groups in total. The second-order valence-corrected chi connectivity index (χ2v) is 6.03. The van der Waals surface area contributed by atoms with Gasteiger partial charge in [0.15, 0.2) is 0 Å². The van der Waals surface area contributed by atoms with Crippen molar-refractivity contribution in [2.45, 2.75) is 39.7 Å². The Hall–Kier alpha value is -1.61. The van der Waals surface area contributed by atoms with E-state index in [0.717, 1.165) is 42.6 Å². The van der Waals surface area contributed by atoms with Gasteiger partial charge in [0.25, 0.3) is 0 Å². The molecular weight excluding hydrogens is 260 g/mol. The Balaban J connectivity index is 1.77. The summed E-state index contributed by atoms with van der Waals surface area (Å²) in [6, 6.07) is 10.2. The molecule has 2 aromatic rings. The lowest BCUT2D eigenvalue weighted by Crippen LogP contribution is -2.22. The molecule has 0 aliphatic carbocycles. The molecule has 0 bridgehead atoms. The molecule has 0 amide bonds. The standard InChI is InChI=1S/C18H26N2O/c1-14(2)12-19-10-6-7-15(3)21-17-11-16-8-4-5-9-18(16)20-13-17/h4-5,8-9,11,13-15,19H,6-7,10,12H2,1-3H3. The Labute approximate surface area is 127 Å². The number of para-hydroxylation sites is 1. The van der Waals surface area contributed by atoms with Crippen LogP contribution in [0.4, 0.5) is 0 Å². The van der Waals surface area contributed by atoms with Gasteiger partial charge in [-0.05, 0) is 50.9 Å². The highest BCUT2D eigenvalue weighted by Gasteiger charge is 2.05. The number of benzene rings is 1. The van der Waals surface area contributed by atoms with Gasteiger partial charge in [-0.25, -0.2) is 0 Å². The topological polar surface area (TPSA) is 34.1 Å². The van der Waals surface area contributed by atoms with Gasteiger partial charge in [-0.15, -0.1) is 0 Å². The Morgan fingerprint density at radius 1 is 1.19 bits per heavy atom. The van der Waals surface area contributed by atoms with Crippen LogP contribution in [0.2, 0.25) is 0 Å². The van der Waals surface area contributed by atoms with E-state index >= 15 is 0 Å². The van der Waals surface area contributed by atoms with Crippen LogP contribution in [0, 0.1) is 5.92 Å². The summed E-state index contributed by atoms with van der Waals surface area (Å²) in [6.45, 7) is 8.72. The van der Waals surface area contributed by atoms with Gasteiger partial charge in [-0.3, -0.25) is 4.98 Å². The van der Waals surface area contributed by atoms with Crippen molar-refractivity contribution >= 4 is 10.9 Å². The number of ether oxygens (including phenoxy) is 1. The zero-order chi connectivity index (χ0) is 15.1. The first-order valence-electron chi connectivity index (χ1n) is 7.87. The quantitative estimate of drug-likeness (QED) is 0.744. The highest BCUT2D eigenvalue weighted by Crippen LogP contribution is 2.19. The summed E-state index contributed by atoms with van der Waals surface area (Å²) in [4.78, 5) is 4.43. The molecule has 0 fully saturated rings. The van der Waals surface area contributed by atoms with Crippen LogP contribution in [0.15, 0.2) is 36.5 Å². The second kappa shape index (κ2) is 7.99. The summed E-state index contributed by atoms with van der Waals surface area (Å²) in [5.41, 5.74) is 1.01. The van der Waals surface area contributed by atoms with Gasteiger partial charge in [-0.1, -0.05) is 32.0 Å². The molecule has 0 spiro atoms. The minimum Gasteiger partial charge on any atom is -0.489 e. The zero-order valence-electron chi connectivity index (χ0n) is 13.3. The minimum absolute atomic E-state index is 0.216. The lowest BCUT2D eigenvalue weighted by atomic mass is 10.2. The van der Waals surface area contributed by atoms with E-state index in [-0.39, 0.29) is 6.10 Å². The normalized spacial score (nSPS) is 12.8. The fourth-order valence-corrected chi connectivity index (χ4v) is 2.31. The molecule has 0 saturated carbocycles. The maximum absolute atomic E-state index is 5.96. The first-order valence-corrected chi connectivity index (χ1v) is 7.87. The van der Waals surface area contributed by atoms with E-state index in [4.69, 9.17) is 4.74 Å². The summed E-state index contributed by atoms with van der Waals surface area (Å²) in [5, 5.41) is 4.59. The summed E-state index contributed by atoms with van der Waals surface area (Å²) >= 11 is 0. The Morgan fingerprint density at radius 3 is 2.81 bits per heavy atom. The van der Waals surface area contributed by atoms with Crippen molar-refractivity contribution in [3.8, 4) is 5.75 Å². The number of nitrogens with zero attached hydrogens (tertiary/aromatic N) is 1. The fourth-order valence-electron chi connectivity index (χ4n) is 2.31. The molecule has 0 aliphatic rings. The predicted octanol–water partition coefficient (Wildman–Crippen LogP) is 4.03. The molecule has 3 heteroatoms. The molecule has 1 unspecified atom stereocenters. The molecule has 3 nitrogen and oxygen atoms in total. The molecule has 1 aromatic heterocycles. The van der Waals surface area contributed by atoms with Crippen LogP contribution >= 0.6 is 0 Å². The number of hydrogen-bond donors (Lipinski definition) is 1. The van der Waals surface area contributed by atoms with E-state index in [2.05, 4.69) is 43.2 Å². The van der Waals surface area contributed by atoms with Crippen molar-refractivity contribution in [2.75, 3.05) is 13.1 Å². The number of aromatic nitrogens is 1. The molecule has 2 rings (SSSR count). The average Bonchev–Trinajstić information content (AvgIpc) is 2.46. The molecule has 0 aliphatic heterocycles. The van der Waals surface area contributed by atoms with Crippen LogP contribution in [0.5, 0.6) is 5.75 Å². The molecule has 1 heterocycles. The summed E-state index contributed by atoms with van der Waals surface area (Å²) < 4.78 is 5.96. The SMILES string of the molecule is CC(C)CNCCCC(C)Oc1cnc2ccccc2c1. The molecule has 1 atom stereocenters. The van der Waals surface area contributed by atoms with Gasteiger partial charge in [-0.2, -0.15) is 0 Å². The number of rotatable bonds is 8.